The van der Waals surface area contributed by atoms with Gasteiger partial charge in [-0.25, -0.2) is 0 Å². The molecule has 2 heterocycles. The van der Waals surface area contributed by atoms with Crippen molar-refractivity contribution in [3.63, 3.8) is 0 Å². The van der Waals surface area contributed by atoms with Crippen LogP contribution in [0.4, 0.5) is 13.2 Å². The third-order valence-corrected chi connectivity index (χ3v) is 6.78. The molecule has 32 heavy (non-hydrogen) atoms. The number of nitrogens with zero attached hydrogens (tertiary/aromatic N) is 4. The van der Waals surface area contributed by atoms with Crippen LogP contribution in [-0.2, 0) is 31.1 Å². The predicted molar refractivity (Wildman–Crippen MR) is 117 cm³/mol. The van der Waals surface area contributed by atoms with Crippen molar-refractivity contribution in [2.24, 2.45) is 4.99 Å². The Morgan fingerprint density at radius 1 is 1.09 bits per heavy atom. The number of hydrogen-bond acceptors (Lipinski definition) is 3. The molecule has 1 fully saturated rings. The average Bonchev–Trinajstić information content (AvgIpc) is 3.22. The zero-order valence-electron chi connectivity index (χ0n) is 18.5. The number of benzene rings is 1. The van der Waals surface area contributed by atoms with Gasteiger partial charge in [-0.1, -0.05) is 37.5 Å². The number of guanidine groups is 1. The summed E-state index contributed by atoms with van der Waals surface area (Å²) < 4.78 is 42.1. The monoisotopic (exact) mass is 448 g/mol. The Morgan fingerprint density at radius 2 is 1.91 bits per heavy atom. The Kier molecular flexibility index (Phi) is 6.71. The molecule has 0 saturated heterocycles. The summed E-state index contributed by atoms with van der Waals surface area (Å²) in [5, 5.41) is 15.3. The summed E-state index contributed by atoms with van der Waals surface area (Å²) in [6, 6.07) is 5.83. The normalized spacial score (nSPS) is 18.8. The molecule has 1 aromatic heterocycles. The van der Waals surface area contributed by atoms with E-state index in [-0.39, 0.29) is 5.41 Å². The molecule has 2 aliphatic rings. The minimum absolute atomic E-state index is 0.342. The van der Waals surface area contributed by atoms with Gasteiger partial charge in [0.25, 0.3) is 0 Å². The maximum atomic E-state index is 13.3. The maximum absolute atomic E-state index is 13.3. The number of aromatic nitrogens is 3. The van der Waals surface area contributed by atoms with Crippen molar-refractivity contribution >= 4 is 5.96 Å². The summed E-state index contributed by atoms with van der Waals surface area (Å²) in [6.45, 7) is 1.97. The highest BCUT2D eigenvalue weighted by Crippen LogP contribution is 2.41. The van der Waals surface area contributed by atoms with Gasteiger partial charge >= 0.3 is 6.18 Å². The fraction of sp³-hybridized carbons (Fsp3) is 0.609. The fourth-order valence-corrected chi connectivity index (χ4v) is 4.96. The van der Waals surface area contributed by atoms with Gasteiger partial charge in [0.15, 0.2) is 11.8 Å². The van der Waals surface area contributed by atoms with Gasteiger partial charge in [0, 0.05) is 32.0 Å². The van der Waals surface area contributed by atoms with E-state index in [0.29, 0.717) is 19.0 Å². The van der Waals surface area contributed by atoms with Crippen LogP contribution >= 0.6 is 0 Å². The standard InChI is InChI=1S/C23H31F3N6/c1-27-21(28-15-20-31-30-19-10-3-6-13-32(19)20)29-16-22(11-4-2-5-12-22)17-8-7-9-18(14-17)23(24,25)26/h7-9,14H,2-6,10-13,15-16H2,1H3,(H2,27,28,29). The molecule has 2 N–H and O–H groups in total. The number of rotatable bonds is 5. The molecule has 2 aromatic rings. The third-order valence-electron chi connectivity index (χ3n) is 6.78. The second-order valence-electron chi connectivity index (χ2n) is 8.84. The Balaban J connectivity index is 1.45. The molecule has 0 atom stereocenters. The van der Waals surface area contributed by atoms with Crippen LogP contribution < -0.4 is 10.6 Å². The predicted octanol–water partition coefficient (Wildman–Crippen LogP) is 4.20. The molecule has 0 bridgehead atoms. The lowest BCUT2D eigenvalue weighted by Gasteiger charge is -2.38. The first-order valence-corrected chi connectivity index (χ1v) is 11.4. The van der Waals surface area contributed by atoms with Crippen LogP contribution in [-0.4, -0.2) is 34.3 Å². The van der Waals surface area contributed by atoms with Gasteiger partial charge in [0.2, 0.25) is 0 Å². The lowest BCUT2D eigenvalue weighted by molar-refractivity contribution is -0.137. The van der Waals surface area contributed by atoms with Gasteiger partial charge in [-0.15, -0.1) is 10.2 Å². The molecular formula is C23H31F3N6. The second-order valence-corrected chi connectivity index (χ2v) is 8.84. The largest absolute Gasteiger partial charge is 0.416 e. The van der Waals surface area contributed by atoms with Crippen molar-refractivity contribution in [2.45, 2.75) is 76.0 Å². The van der Waals surface area contributed by atoms with E-state index in [0.717, 1.165) is 81.2 Å². The molecule has 6 nitrogen and oxygen atoms in total. The smallest absolute Gasteiger partial charge is 0.356 e. The molecule has 0 amide bonds. The van der Waals surface area contributed by atoms with E-state index in [1.54, 1.807) is 7.05 Å². The first kappa shape index (κ1) is 22.6. The summed E-state index contributed by atoms with van der Waals surface area (Å²) >= 11 is 0. The topological polar surface area (TPSA) is 67.1 Å². The van der Waals surface area contributed by atoms with Crippen LogP contribution in [0.25, 0.3) is 0 Å². The van der Waals surface area contributed by atoms with E-state index in [1.807, 2.05) is 6.07 Å². The number of aliphatic imine (C=N–C) groups is 1. The van der Waals surface area contributed by atoms with E-state index in [1.165, 1.54) is 12.1 Å². The number of halogens is 3. The average molecular weight is 449 g/mol. The lowest BCUT2D eigenvalue weighted by Crippen LogP contribution is -2.46. The summed E-state index contributed by atoms with van der Waals surface area (Å²) in [5.41, 5.74) is -0.175. The van der Waals surface area contributed by atoms with Crippen molar-refractivity contribution in [1.29, 1.82) is 0 Å². The molecule has 174 valence electrons. The van der Waals surface area contributed by atoms with Crippen molar-refractivity contribution in [3.05, 3.63) is 47.0 Å². The Bertz CT molecular complexity index is 943. The summed E-state index contributed by atoms with van der Waals surface area (Å²) in [4.78, 5) is 4.32. The molecule has 1 aromatic carbocycles. The van der Waals surface area contributed by atoms with Crippen molar-refractivity contribution in [3.8, 4) is 0 Å². The minimum atomic E-state index is -4.34. The van der Waals surface area contributed by atoms with Crippen molar-refractivity contribution in [1.82, 2.24) is 25.4 Å². The third kappa shape index (κ3) is 4.91. The van der Waals surface area contributed by atoms with E-state index in [9.17, 15) is 13.2 Å². The summed E-state index contributed by atoms with van der Waals surface area (Å²) in [7, 11) is 1.70. The number of nitrogens with one attached hydrogen (secondary N) is 2. The molecule has 1 aliphatic heterocycles. The molecular weight excluding hydrogens is 417 g/mol. The van der Waals surface area contributed by atoms with Crippen LogP contribution in [0.1, 0.15) is 67.7 Å². The van der Waals surface area contributed by atoms with Gasteiger partial charge in [0.05, 0.1) is 12.1 Å². The minimum Gasteiger partial charge on any atom is -0.356 e. The lowest BCUT2D eigenvalue weighted by atomic mass is 9.69. The van der Waals surface area contributed by atoms with Crippen LogP contribution in [0, 0.1) is 0 Å². The molecule has 0 unspecified atom stereocenters. The number of hydrogen-bond donors (Lipinski definition) is 2. The van der Waals surface area contributed by atoms with E-state index in [2.05, 4.69) is 30.4 Å². The Hall–Kier alpha value is -2.58. The molecule has 4 rings (SSSR count). The SMILES string of the molecule is CN=C(NCc1nnc2n1CCCC2)NCC1(c2cccc(C(F)(F)F)c2)CCCCC1. The van der Waals surface area contributed by atoms with Gasteiger partial charge in [-0.2, -0.15) is 13.2 Å². The fourth-order valence-electron chi connectivity index (χ4n) is 4.96. The van der Waals surface area contributed by atoms with Crippen LogP contribution in [0.3, 0.4) is 0 Å². The van der Waals surface area contributed by atoms with E-state index in [4.69, 9.17) is 0 Å². The van der Waals surface area contributed by atoms with Crippen LogP contribution in [0.5, 0.6) is 0 Å². The molecule has 1 saturated carbocycles. The summed E-state index contributed by atoms with van der Waals surface area (Å²) in [5.74, 6) is 2.53. The Morgan fingerprint density at radius 3 is 2.66 bits per heavy atom. The zero-order chi connectivity index (χ0) is 22.6. The van der Waals surface area contributed by atoms with Crippen molar-refractivity contribution in [2.75, 3.05) is 13.6 Å². The number of fused-ring (bicyclic) bond motifs is 1. The van der Waals surface area contributed by atoms with E-state index >= 15 is 0 Å². The Labute approximate surface area is 186 Å². The molecule has 1 aliphatic carbocycles. The highest BCUT2D eigenvalue weighted by Gasteiger charge is 2.37. The van der Waals surface area contributed by atoms with Crippen LogP contribution in [0.2, 0.25) is 0 Å². The van der Waals surface area contributed by atoms with Crippen LogP contribution in [0.15, 0.2) is 29.3 Å². The highest BCUT2D eigenvalue weighted by atomic mass is 19.4. The summed E-state index contributed by atoms with van der Waals surface area (Å²) in [6.07, 6.45) is 3.74. The van der Waals surface area contributed by atoms with Gasteiger partial charge in [0.1, 0.15) is 5.82 Å². The molecule has 0 spiro atoms. The number of aryl methyl sites for hydroxylation is 1. The zero-order valence-corrected chi connectivity index (χ0v) is 18.5. The van der Waals surface area contributed by atoms with Gasteiger partial charge < -0.3 is 15.2 Å². The maximum Gasteiger partial charge on any atom is 0.416 e. The first-order valence-electron chi connectivity index (χ1n) is 11.4. The highest BCUT2D eigenvalue weighted by molar-refractivity contribution is 5.79. The quantitative estimate of drug-likeness (QED) is 0.532. The van der Waals surface area contributed by atoms with Crippen molar-refractivity contribution < 1.29 is 13.2 Å². The number of alkyl halides is 3. The molecule has 0 radical (unpaired) electrons. The van der Waals surface area contributed by atoms with E-state index < -0.39 is 11.7 Å². The van der Waals surface area contributed by atoms with Gasteiger partial charge in [-0.05, 0) is 37.3 Å². The second kappa shape index (κ2) is 9.50. The van der Waals surface area contributed by atoms with Gasteiger partial charge in [-0.3, -0.25) is 4.99 Å². The molecule has 9 heteroatoms. The first-order chi connectivity index (χ1) is 15.4.